The van der Waals surface area contributed by atoms with Gasteiger partial charge in [0, 0.05) is 28.1 Å². The van der Waals surface area contributed by atoms with Gasteiger partial charge in [0.05, 0.1) is 16.1 Å². The van der Waals surface area contributed by atoms with E-state index >= 15 is 0 Å². The minimum atomic E-state index is 0. The van der Waals surface area contributed by atoms with Crippen LogP contribution in [0.2, 0.25) is 5.02 Å². The van der Waals surface area contributed by atoms with E-state index in [4.69, 9.17) is 17.3 Å². The first-order chi connectivity index (χ1) is 8.16. The van der Waals surface area contributed by atoms with Gasteiger partial charge in [-0.3, -0.25) is 4.98 Å². The van der Waals surface area contributed by atoms with Gasteiger partial charge in [0.2, 0.25) is 0 Å². The van der Waals surface area contributed by atoms with Crippen molar-refractivity contribution in [1.29, 1.82) is 0 Å². The van der Waals surface area contributed by atoms with Gasteiger partial charge < -0.3 is 11.1 Å². The molecule has 3 rings (SSSR count). The summed E-state index contributed by atoms with van der Waals surface area (Å²) in [6.45, 7) is 2.06. The van der Waals surface area contributed by atoms with Crippen LogP contribution in [-0.4, -0.2) is 4.98 Å². The molecule has 0 saturated heterocycles. The molecule has 0 spiro atoms. The van der Waals surface area contributed by atoms with Crippen molar-refractivity contribution in [2.24, 2.45) is 5.73 Å². The highest BCUT2D eigenvalue weighted by Crippen LogP contribution is 2.30. The number of thiophene rings is 1. The third-order valence-electron chi connectivity index (χ3n) is 2.69. The molecular weight excluding hydrogens is 289 g/mol. The fraction of sp³-hybridized carbons (Fsp3) is 0.0833. The second-order valence-corrected chi connectivity index (χ2v) is 5.52. The summed E-state index contributed by atoms with van der Waals surface area (Å²) in [7, 11) is 0. The second-order valence-electron chi connectivity index (χ2n) is 3.86. The van der Waals surface area contributed by atoms with E-state index in [0.717, 1.165) is 21.1 Å². The summed E-state index contributed by atoms with van der Waals surface area (Å²) in [4.78, 5) is 5.53. The van der Waals surface area contributed by atoms with Gasteiger partial charge in [0.15, 0.2) is 0 Å². The molecule has 2 aromatic rings. The molecule has 0 saturated carbocycles. The molecule has 2 aromatic heterocycles. The van der Waals surface area contributed by atoms with Crippen LogP contribution < -0.4 is 21.6 Å². The lowest BCUT2D eigenvalue weighted by atomic mass is 10.2. The number of nitrogens with one attached hydrogen (secondary N) is 1. The van der Waals surface area contributed by atoms with Gasteiger partial charge in [-0.15, -0.1) is 23.7 Å². The van der Waals surface area contributed by atoms with Gasteiger partial charge in [-0.2, -0.15) is 0 Å². The first kappa shape index (κ1) is 13.2. The fourth-order valence-electron chi connectivity index (χ4n) is 1.89. The van der Waals surface area contributed by atoms with Crippen LogP contribution in [0.5, 0.6) is 0 Å². The number of hydrogen-bond donors (Lipinski definition) is 2. The maximum absolute atomic E-state index is 6.18. The summed E-state index contributed by atoms with van der Waals surface area (Å²) in [6, 6.07) is 3.82. The highest BCUT2D eigenvalue weighted by molar-refractivity contribution is 7.16. The first-order valence-corrected chi connectivity index (χ1v) is 6.34. The van der Waals surface area contributed by atoms with Crippen LogP contribution in [0.25, 0.3) is 11.9 Å². The highest BCUT2D eigenvalue weighted by Gasteiger charge is 2.13. The van der Waals surface area contributed by atoms with Crippen molar-refractivity contribution in [2.45, 2.75) is 6.92 Å². The third-order valence-corrected chi connectivity index (χ3v) is 4.00. The lowest BCUT2D eigenvalue weighted by Crippen LogP contribution is -2.33. The smallest absolute Gasteiger partial charge is 0.102 e. The van der Waals surface area contributed by atoms with Crippen molar-refractivity contribution in [3.05, 3.63) is 44.4 Å². The number of pyridine rings is 1. The summed E-state index contributed by atoms with van der Waals surface area (Å²) >= 11 is 7.81. The average molecular weight is 300 g/mol. The summed E-state index contributed by atoms with van der Waals surface area (Å²) in [5.41, 5.74) is 7.85. The summed E-state index contributed by atoms with van der Waals surface area (Å²) in [6.07, 6.45) is 3.53. The number of rotatable bonds is 0. The van der Waals surface area contributed by atoms with Crippen molar-refractivity contribution in [3.8, 4) is 0 Å². The molecule has 1 aliphatic heterocycles. The van der Waals surface area contributed by atoms with E-state index in [2.05, 4.69) is 23.3 Å². The molecule has 3 heterocycles. The van der Waals surface area contributed by atoms with Crippen LogP contribution in [0, 0.1) is 6.92 Å². The monoisotopic (exact) mass is 299 g/mol. The van der Waals surface area contributed by atoms with Gasteiger partial charge in [0.25, 0.3) is 0 Å². The van der Waals surface area contributed by atoms with Crippen molar-refractivity contribution in [1.82, 2.24) is 4.98 Å². The maximum atomic E-state index is 6.18. The molecule has 0 atom stereocenters. The second kappa shape index (κ2) is 4.80. The van der Waals surface area contributed by atoms with Crippen molar-refractivity contribution >= 4 is 52.2 Å². The zero-order valence-electron chi connectivity index (χ0n) is 9.53. The number of aromatic nitrogens is 1. The third kappa shape index (κ3) is 1.96. The Morgan fingerprint density at radius 3 is 3.00 bits per heavy atom. The lowest BCUT2D eigenvalue weighted by molar-refractivity contribution is 1.20. The topological polar surface area (TPSA) is 50.9 Å². The minimum absolute atomic E-state index is 0. The quantitative estimate of drug-likeness (QED) is 0.780. The van der Waals surface area contributed by atoms with Crippen molar-refractivity contribution in [3.63, 3.8) is 0 Å². The predicted octanol–water partition coefficient (Wildman–Crippen LogP) is 1.81. The molecule has 1 aliphatic rings. The molecule has 3 nitrogen and oxygen atoms in total. The van der Waals surface area contributed by atoms with Crippen LogP contribution in [0.3, 0.4) is 0 Å². The molecule has 0 bridgehead atoms. The van der Waals surface area contributed by atoms with E-state index in [1.54, 1.807) is 23.6 Å². The van der Waals surface area contributed by atoms with E-state index < -0.39 is 0 Å². The number of nitrogens with zero attached hydrogens (tertiary/aromatic N) is 1. The zero-order valence-corrected chi connectivity index (χ0v) is 11.9. The number of halogens is 2. The van der Waals surface area contributed by atoms with Crippen molar-refractivity contribution < 1.29 is 0 Å². The van der Waals surface area contributed by atoms with Crippen LogP contribution in [-0.2, 0) is 0 Å². The number of fused-ring (bicyclic) bond motifs is 2. The Labute approximate surface area is 119 Å². The lowest BCUT2D eigenvalue weighted by Gasteiger charge is -1.99. The average Bonchev–Trinajstić information content (AvgIpc) is 2.62. The number of anilines is 1. The highest BCUT2D eigenvalue weighted by atomic mass is 35.5. The van der Waals surface area contributed by atoms with Crippen LogP contribution in [0.4, 0.5) is 5.00 Å². The van der Waals surface area contributed by atoms with Gasteiger partial charge in [0.1, 0.15) is 5.00 Å². The number of nitrogens with two attached hydrogens (primary N) is 1. The molecule has 0 unspecified atom stereocenters. The normalized spacial score (nSPS) is 12.4. The molecular formula is C12H11Cl2N3S. The van der Waals surface area contributed by atoms with Crippen LogP contribution in [0.15, 0.2) is 18.3 Å². The van der Waals surface area contributed by atoms with Gasteiger partial charge >= 0.3 is 0 Å². The Morgan fingerprint density at radius 1 is 1.44 bits per heavy atom. The van der Waals surface area contributed by atoms with Gasteiger partial charge in [-0.25, -0.2) is 0 Å². The standard InChI is InChI=1S/C12H10ClN3S.ClH/c1-6-4-7-10(14)11-8(5-16-12(7)17-6)9(13)2-3-15-11;/h2-5,16H,14H2,1H3;1H. The maximum Gasteiger partial charge on any atom is 0.102 e. The SMILES string of the molecule is Cc1cc2c(s1)NC=c1c(Cl)ccnc1=C2N.Cl. The van der Waals surface area contributed by atoms with Crippen LogP contribution in [0.1, 0.15) is 10.4 Å². The number of aryl methyl sites for hydroxylation is 1. The van der Waals surface area contributed by atoms with E-state index in [9.17, 15) is 0 Å². The Kier molecular flexibility index (Phi) is 3.52. The molecule has 6 heteroatoms. The molecule has 3 N–H and O–H groups in total. The van der Waals surface area contributed by atoms with E-state index in [1.807, 2.05) is 6.20 Å². The molecule has 0 radical (unpaired) electrons. The number of hydrogen-bond acceptors (Lipinski definition) is 4. The fourth-order valence-corrected chi connectivity index (χ4v) is 2.98. The molecule has 18 heavy (non-hydrogen) atoms. The van der Waals surface area contributed by atoms with Gasteiger partial charge in [-0.1, -0.05) is 11.6 Å². The van der Waals surface area contributed by atoms with E-state index in [-0.39, 0.29) is 12.4 Å². The molecule has 0 aromatic carbocycles. The Balaban J connectivity index is 0.00000120. The van der Waals surface area contributed by atoms with Gasteiger partial charge in [-0.05, 0) is 19.1 Å². The molecule has 94 valence electrons. The zero-order chi connectivity index (χ0) is 12.0. The minimum Gasteiger partial charge on any atom is -0.396 e. The van der Waals surface area contributed by atoms with E-state index in [1.165, 1.54) is 4.88 Å². The summed E-state index contributed by atoms with van der Waals surface area (Å²) < 4.78 is 0. The Hall–Kier alpha value is -1.23. The summed E-state index contributed by atoms with van der Waals surface area (Å²) in [5.74, 6) is 0. The van der Waals surface area contributed by atoms with Crippen molar-refractivity contribution in [2.75, 3.05) is 5.32 Å². The first-order valence-electron chi connectivity index (χ1n) is 5.14. The Morgan fingerprint density at radius 2 is 2.22 bits per heavy atom. The van der Waals surface area contributed by atoms with E-state index in [0.29, 0.717) is 10.7 Å². The van der Waals surface area contributed by atoms with Crippen LogP contribution >= 0.6 is 35.3 Å². The largest absolute Gasteiger partial charge is 0.396 e. The summed E-state index contributed by atoms with van der Waals surface area (Å²) in [5, 5.41) is 6.51. The Bertz CT molecular complexity index is 721. The molecule has 0 aliphatic carbocycles. The molecule has 0 fully saturated rings. The predicted molar refractivity (Wildman–Crippen MR) is 79.6 cm³/mol. The molecule has 0 amide bonds.